The molecule has 5 rings (SSSR count). The minimum Gasteiger partial charge on any atom is -0.228 e. The smallest absolute Gasteiger partial charge is 0.228 e. The minimum absolute atomic E-state index is 0.0200. The Labute approximate surface area is 257 Å². The van der Waals surface area contributed by atoms with Crippen LogP contribution < -0.4 is 0 Å². The van der Waals surface area contributed by atoms with Gasteiger partial charge in [-0.15, -0.1) is 8.80 Å². The number of allylic oxidation sites excluding steroid dienone is 4. The standard InChI is InChI=1S/C34H28N4O4S2/c1-25-13-21-31(22-14-25)43(39,40)37-33(27-9-5-3-6-10-27)35-29-17-19-30(20-18-29)36-34(28-11-7-4-8-12-28)38-44(41,42)32-23-15-26(2)16-24-32/h3-24H,1-2H3/b35-29?,36-30?,37-33-,38-34-. The van der Waals surface area contributed by atoms with E-state index in [1.165, 1.54) is 24.3 Å². The second-order valence-corrected chi connectivity index (χ2v) is 13.1. The molecule has 0 radical (unpaired) electrons. The molecular weight excluding hydrogens is 593 g/mol. The van der Waals surface area contributed by atoms with Crippen molar-refractivity contribution in [2.75, 3.05) is 0 Å². The topological polar surface area (TPSA) is 118 Å². The van der Waals surface area contributed by atoms with Gasteiger partial charge in [0.05, 0.1) is 21.2 Å². The summed E-state index contributed by atoms with van der Waals surface area (Å²) in [5.41, 5.74) is 3.76. The Kier molecular flexibility index (Phi) is 9.03. The second-order valence-electron chi connectivity index (χ2n) is 9.88. The molecule has 0 N–H and O–H groups in total. The van der Waals surface area contributed by atoms with E-state index < -0.39 is 20.0 Å². The number of aliphatic imine (C=N–C) groups is 2. The lowest BCUT2D eigenvalue weighted by molar-refractivity contribution is 0.596. The van der Waals surface area contributed by atoms with Crippen LogP contribution in [0.1, 0.15) is 22.3 Å². The van der Waals surface area contributed by atoms with Gasteiger partial charge in [-0.2, -0.15) is 16.8 Å². The van der Waals surface area contributed by atoms with Crippen LogP contribution in [-0.4, -0.2) is 39.9 Å². The molecular formula is C34H28N4O4S2. The molecule has 0 aliphatic heterocycles. The van der Waals surface area contributed by atoms with Crippen LogP contribution in [0.4, 0.5) is 0 Å². The zero-order valence-corrected chi connectivity index (χ0v) is 25.6. The fourth-order valence-corrected chi connectivity index (χ4v) is 5.97. The summed E-state index contributed by atoms with van der Waals surface area (Å²) in [5, 5.41) is 0. The van der Waals surface area contributed by atoms with Crippen molar-refractivity contribution in [3.63, 3.8) is 0 Å². The van der Waals surface area contributed by atoms with Crippen LogP contribution in [0.15, 0.2) is 162 Å². The summed E-state index contributed by atoms with van der Waals surface area (Å²) in [6.45, 7) is 3.75. The molecule has 220 valence electrons. The molecule has 0 saturated carbocycles. The van der Waals surface area contributed by atoms with Crippen molar-refractivity contribution >= 4 is 43.1 Å². The number of sulfonamides is 2. The predicted octanol–water partition coefficient (Wildman–Crippen LogP) is 6.28. The number of hydrogen-bond acceptors (Lipinski definition) is 4. The van der Waals surface area contributed by atoms with Gasteiger partial charge in [0.25, 0.3) is 20.0 Å². The Hall–Kier alpha value is -5.06. The first kappa shape index (κ1) is 30.4. The Balaban J connectivity index is 1.50. The number of aryl methyl sites for hydroxylation is 2. The maximum atomic E-state index is 13.1. The highest BCUT2D eigenvalue weighted by molar-refractivity contribution is 7.90. The van der Waals surface area contributed by atoms with E-state index in [2.05, 4.69) is 18.8 Å². The van der Waals surface area contributed by atoms with Crippen molar-refractivity contribution in [3.05, 3.63) is 156 Å². The van der Waals surface area contributed by atoms with Gasteiger partial charge < -0.3 is 0 Å². The summed E-state index contributed by atoms with van der Waals surface area (Å²) in [4.78, 5) is 9.22. The van der Waals surface area contributed by atoms with Crippen molar-refractivity contribution in [2.45, 2.75) is 23.6 Å². The summed E-state index contributed by atoms with van der Waals surface area (Å²) < 4.78 is 60.7. The maximum absolute atomic E-state index is 13.1. The highest BCUT2D eigenvalue weighted by Gasteiger charge is 2.17. The molecule has 4 aromatic carbocycles. The monoisotopic (exact) mass is 620 g/mol. The van der Waals surface area contributed by atoms with Crippen molar-refractivity contribution in [1.29, 1.82) is 0 Å². The van der Waals surface area contributed by atoms with Gasteiger partial charge in [0.2, 0.25) is 0 Å². The van der Waals surface area contributed by atoms with Crippen LogP contribution in [0.3, 0.4) is 0 Å². The van der Waals surface area contributed by atoms with Crippen molar-refractivity contribution in [3.8, 4) is 0 Å². The van der Waals surface area contributed by atoms with E-state index in [-0.39, 0.29) is 21.5 Å². The molecule has 0 bridgehead atoms. The summed E-state index contributed by atoms with van der Waals surface area (Å²) in [6, 6.07) is 30.5. The number of benzene rings is 4. The molecule has 8 nitrogen and oxygen atoms in total. The highest BCUT2D eigenvalue weighted by atomic mass is 32.2. The third-order valence-corrected chi connectivity index (χ3v) is 9.00. The van der Waals surface area contributed by atoms with Crippen LogP contribution in [0.25, 0.3) is 0 Å². The second kappa shape index (κ2) is 13.1. The average Bonchev–Trinajstić information content (AvgIpc) is 3.02. The van der Waals surface area contributed by atoms with Crippen LogP contribution >= 0.6 is 0 Å². The van der Waals surface area contributed by atoms with E-state index in [0.29, 0.717) is 22.6 Å². The SMILES string of the molecule is Cc1ccc(S(=O)(=O)/N=C(\N=C2C=CC(=N/C(=N\S(=O)(=O)c3ccc(C)cc3)c3ccccc3)C=C2)c2ccccc2)cc1. The third kappa shape index (κ3) is 7.66. The van der Waals surface area contributed by atoms with Crippen LogP contribution in [-0.2, 0) is 20.0 Å². The molecule has 1 aliphatic carbocycles. The molecule has 0 atom stereocenters. The normalized spacial score (nSPS) is 14.0. The van der Waals surface area contributed by atoms with Gasteiger partial charge >= 0.3 is 0 Å². The molecule has 0 saturated heterocycles. The van der Waals surface area contributed by atoms with Gasteiger partial charge in [-0.1, -0.05) is 96.1 Å². The van der Waals surface area contributed by atoms with E-state index >= 15 is 0 Å². The van der Waals surface area contributed by atoms with Gasteiger partial charge in [-0.05, 0) is 62.4 Å². The molecule has 4 aromatic rings. The van der Waals surface area contributed by atoms with Crippen LogP contribution in [0.5, 0.6) is 0 Å². The Morgan fingerprint density at radius 2 is 0.773 bits per heavy atom. The largest absolute Gasteiger partial charge is 0.284 e. The number of nitrogens with zero attached hydrogens (tertiary/aromatic N) is 4. The van der Waals surface area contributed by atoms with Gasteiger partial charge in [-0.3, -0.25) is 0 Å². The Morgan fingerprint density at radius 1 is 0.455 bits per heavy atom. The number of rotatable bonds is 6. The lowest BCUT2D eigenvalue weighted by atomic mass is 10.1. The van der Waals surface area contributed by atoms with E-state index in [0.717, 1.165) is 11.1 Å². The molecule has 0 aromatic heterocycles. The number of amidine groups is 2. The molecule has 0 spiro atoms. The molecule has 0 unspecified atom stereocenters. The minimum atomic E-state index is -4.04. The summed E-state index contributed by atoms with van der Waals surface area (Å²) in [7, 11) is -8.08. The van der Waals surface area contributed by atoms with E-state index in [9.17, 15) is 16.8 Å². The summed E-state index contributed by atoms with van der Waals surface area (Å²) >= 11 is 0. The first-order valence-electron chi connectivity index (χ1n) is 13.6. The van der Waals surface area contributed by atoms with E-state index in [1.54, 1.807) is 97.1 Å². The molecule has 10 heteroatoms. The zero-order valence-electron chi connectivity index (χ0n) is 23.9. The van der Waals surface area contributed by atoms with Crippen molar-refractivity contribution in [1.82, 2.24) is 0 Å². The lowest BCUT2D eigenvalue weighted by Crippen LogP contribution is -2.10. The fraction of sp³-hybridized carbons (Fsp3) is 0.0588. The van der Waals surface area contributed by atoms with Gasteiger partial charge in [0.15, 0.2) is 11.7 Å². The molecule has 0 heterocycles. The van der Waals surface area contributed by atoms with E-state index in [4.69, 9.17) is 0 Å². The first-order chi connectivity index (χ1) is 21.1. The van der Waals surface area contributed by atoms with Gasteiger partial charge in [-0.25, -0.2) is 9.98 Å². The Bertz CT molecular complexity index is 1890. The molecule has 0 amide bonds. The van der Waals surface area contributed by atoms with Gasteiger partial charge in [0, 0.05) is 11.1 Å². The average molecular weight is 621 g/mol. The molecule has 0 fully saturated rings. The fourth-order valence-electron chi connectivity index (χ4n) is 4.05. The quantitative estimate of drug-likeness (QED) is 0.143. The van der Waals surface area contributed by atoms with Crippen LogP contribution in [0, 0.1) is 13.8 Å². The first-order valence-corrected chi connectivity index (χ1v) is 16.4. The van der Waals surface area contributed by atoms with Crippen LogP contribution in [0.2, 0.25) is 0 Å². The number of hydrogen-bond donors (Lipinski definition) is 0. The maximum Gasteiger partial charge on any atom is 0.284 e. The molecule has 44 heavy (non-hydrogen) atoms. The third-order valence-electron chi connectivity index (χ3n) is 6.43. The molecule has 1 aliphatic rings. The summed E-state index contributed by atoms with van der Waals surface area (Å²) in [5.74, 6) is 0.0400. The van der Waals surface area contributed by atoms with Gasteiger partial charge in [0.1, 0.15) is 0 Å². The zero-order chi connectivity index (χ0) is 31.2. The summed E-state index contributed by atoms with van der Waals surface area (Å²) in [6.07, 6.45) is 6.58. The lowest BCUT2D eigenvalue weighted by Gasteiger charge is -2.08. The van der Waals surface area contributed by atoms with E-state index in [1.807, 2.05) is 26.0 Å². The predicted molar refractivity (Wildman–Crippen MR) is 176 cm³/mol. The highest BCUT2D eigenvalue weighted by Crippen LogP contribution is 2.18. The van der Waals surface area contributed by atoms with Crippen molar-refractivity contribution in [2.24, 2.45) is 18.8 Å². The Morgan fingerprint density at radius 3 is 1.09 bits per heavy atom. The van der Waals surface area contributed by atoms with Crippen molar-refractivity contribution < 1.29 is 16.8 Å².